The van der Waals surface area contributed by atoms with Gasteiger partial charge in [0, 0.05) is 0 Å². The Morgan fingerprint density at radius 2 is 0.654 bits per heavy atom. The molecule has 4 aromatic carbocycles. The second kappa shape index (κ2) is 15.1. The van der Waals surface area contributed by atoms with Crippen LogP contribution in [0.25, 0.3) is 0 Å². The van der Waals surface area contributed by atoms with E-state index < -0.39 is 83.7 Å². The molecule has 4 nitrogen and oxygen atoms in total. The highest BCUT2D eigenvalue weighted by molar-refractivity contribution is 5.93. The van der Waals surface area contributed by atoms with Gasteiger partial charge in [0.2, 0.25) is 11.6 Å². The van der Waals surface area contributed by atoms with Crippen molar-refractivity contribution in [3.8, 4) is 0 Å². The molecule has 0 heterocycles. The lowest BCUT2D eigenvalue weighted by Crippen LogP contribution is -2.73. The molecule has 2 unspecified atom stereocenters. The fourth-order valence-electron chi connectivity index (χ4n) is 4.84. The summed E-state index contributed by atoms with van der Waals surface area (Å²) in [5, 5.41) is 0. The molecule has 0 aliphatic carbocycles. The number of carbonyl (C=O) groups is 2. The molecule has 0 spiro atoms. The van der Waals surface area contributed by atoms with Crippen LogP contribution in [0.4, 0.5) is 52.7 Å². The van der Waals surface area contributed by atoms with Crippen LogP contribution in [0.15, 0.2) is 121 Å². The Morgan fingerprint density at radius 1 is 0.404 bits per heavy atom. The summed E-state index contributed by atoms with van der Waals surface area (Å²) in [6, 6.07) is 24.0. The zero-order valence-electron chi connectivity index (χ0n) is 26.3. The maximum absolute atomic E-state index is 15.2. The molecule has 0 bridgehead atoms. The van der Waals surface area contributed by atoms with E-state index >= 15 is 52.7 Å². The van der Waals surface area contributed by atoms with E-state index in [-0.39, 0.29) is 11.1 Å². The SMILES string of the molecule is O=C(C(OCc1ccccc1)c1ccccc1)C(F)(F)C(F)(F)C(F)(F)C(F)(F)C(F)(F)C(F)(F)C(=O)C(OCc1ccccc1)c1ccccc1. The van der Waals surface area contributed by atoms with E-state index in [0.29, 0.717) is 0 Å². The lowest BCUT2D eigenvalue weighted by Gasteiger charge is -2.41. The number of rotatable bonds is 17. The summed E-state index contributed by atoms with van der Waals surface area (Å²) in [5.41, 5.74) is -1.06. The van der Waals surface area contributed by atoms with Gasteiger partial charge in [0.15, 0.2) is 0 Å². The highest BCUT2D eigenvalue weighted by atomic mass is 19.4. The number of alkyl halides is 12. The lowest BCUT2D eigenvalue weighted by atomic mass is 9.86. The molecule has 0 amide bonds. The Bertz CT molecular complexity index is 1660. The van der Waals surface area contributed by atoms with Gasteiger partial charge in [-0.25, -0.2) is 0 Å². The normalized spacial score (nSPS) is 14.5. The Morgan fingerprint density at radius 3 is 0.923 bits per heavy atom. The minimum absolute atomic E-state index is 0.135. The molecule has 0 saturated carbocycles. The van der Waals surface area contributed by atoms with E-state index in [1.54, 1.807) is 0 Å². The first kappa shape index (κ1) is 40.1. The van der Waals surface area contributed by atoms with Crippen LogP contribution < -0.4 is 0 Å². The molecule has 0 aliphatic rings. The van der Waals surface area contributed by atoms with Gasteiger partial charge in [-0.15, -0.1) is 0 Å². The van der Waals surface area contributed by atoms with Crippen molar-refractivity contribution in [3.63, 3.8) is 0 Å². The molecule has 4 rings (SSSR count). The summed E-state index contributed by atoms with van der Waals surface area (Å²) >= 11 is 0. The molecule has 0 radical (unpaired) electrons. The number of ketones is 2. The Labute approximate surface area is 288 Å². The van der Waals surface area contributed by atoms with E-state index in [9.17, 15) is 9.59 Å². The van der Waals surface area contributed by atoms with Crippen molar-refractivity contribution in [1.29, 1.82) is 0 Å². The van der Waals surface area contributed by atoms with E-state index in [1.165, 1.54) is 72.8 Å². The third-order valence-electron chi connectivity index (χ3n) is 7.79. The minimum Gasteiger partial charge on any atom is -0.361 e. The standard InChI is InChI=1S/C36H26F12O4/c37-31(38,29(49)27(25-17-9-3-10-18-25)51-21-23-13-5-1-6-14-23)33(41,42)35(45,46)36(47,48)34(43,44)32(39,40)30(50)28(26-19-11-4-12-20-26)52-22-24-15-7-2-8-16-24/h1-20,27-28H,21-22H2. The first-order chi connectivity index (χ1) is 24.2. The molecule has 4 aromatic rings. The van der Waals surface area contributed by atoms with Crippen molar-refractivity contribution in [1.82, 2.24) is 0 Å². The van der Waals surface area contributed by atoms with Crippen LogP contribution in [-0.4, -0.2) is 47.1 Å². The number of ether oxygens (including phenoxy) is 2. The van der Waals surface area contributed by atoms with Crippen molar-refractivity contribution in [2.24, 2.45) is 0 Å². The van der Waals surface area contributed by atoms with Crippen LogP contribution in [0.5, 0.6) is 0 Å². The third-order valence-corrected chi connectivity index (χ3v) is 7.79. The van der Waals surface area contributed by atoms with E-state index in [1.807, 2.05) is 0 Å². The fraction of sp³-hybridized carbons (Fsp3) is 0.278. The molecule has 0 saturated heterocycles. The van der Waals surface area contributed by atoms with E-state index in [0.717, 1.165) is 48.5 Å². The largest absolute Gasteiger partial charge is 0.386 e. The van der Waals surface area contributed by atoms with Crippen LogP contribution in [0.2, 0.25) is 0 Å². The summed E-state index contributed by atoms with van der Waals surface area (Å²) in [6.07, 6.45) is -5.77. The summed E-state index contributed by atoms with van der Waals surface area (Å²) in [6.45, 7) is -1.61. The summed E-state index contributed by atoms with van der Waals surface area (Å²) in [5.74, 6) is -52.4. The van der Waals surface area contributed by atoms with Gasteiger partial charge >= 0.3 is 35.5 Å². The van der Waals surface area contributed by atoms with Crippen LogP contribution >= 0.6 is 0 Å². The monoisotopic (exact) mass is 750 g/mol. The quantitative estimate of drug-likeness (QED) is 0.101. The first-order valence-corrected chi connectivity index (χ1v) is 15.0. The van der Waals surface area contributed by atoms with E-state index in [4.69, 9.17) is 9.47 Å². The number of Topliss-reactive ketones (excluding diaryl/α,β-unsaturated/α-hetero) is 2. The van der Waals surface area contributed by atoms with E-state index in [2.05, 4.69) is 0 Å². The number of carbonyl (C=O) groups excluding carboxylic acids is 2. The lowest BCUT2D eigenvalue weighted by molar-refractivity contribution is -0.415. The highest BCUT2D eigenvalue weighted by Crippen LogP contribution is 2.61. The topological polar surface area (TPSA) is 52.6 Å². The Hall–Kier alpha value is -4.70. The van der Waals surface area contributed by atoms with Crippen LogP contribution in [0.1, 0.15) is 34.5 Å². The average molecular weight is 751 g/mol. The molecule has 0 aliphatic heterocycles. The number of benzene rings is 4. The van der Waals surface area contributed by atoms with Crippen molar-refractivity contribution in [2.75, 3.05) is 0 Å². The molecule has 0 aromatic heterocycles. The van der Waals surface area contributed by atoms with Crippen LogP contribution in [0, 0.1) is 0 Å². The molecule has 2 atom stereocenters. The van der Waals surface area contributed by atoms with Crippen LogP contribution in [-0.2, 0) is 32.3 Å². The van der Waals surface area contributed by atoms with Gasteiger partial charge in [-0.1, -0.05) is 121 Å². The Balaban J connectivity index is 1.69. The predicted octanol–water partition coefficient (Wildman–Crippen LogP) is 9.85. The molecule has 0 fully saturated rings. The minimum atomic E-state index is -8.12. The van der Waals surface area contributed by atoms with Gasteiger partial charge < -0.3 is 9.47 Å². The maximum Gasteiger partial charge on any atom is 0.386 e. The predicted molar refractivity (Wildman–Crippen MR) is 161 cm³/mol. The van der Waals surface area contributed by atoms with Gasteiger partial charge in [0.1, 0.15) is 12.2 Å². The zero-order valence-corrected chi connectivity index (χ0v) is 26.3. The summed E-state index contributed by atoms with van der Waals surface area (Å²) in [7, 11) is 0. The average Bonchev–Trinajstić information content (AvgIpc) is 3.13. The molecular formula is C36H26F12O4. The van der Waals surface area contributed by atoms with Gasteiger partial charge in [0.25, 0.3) is 0 Å². The van der Waals surface area contributed by atoms with Crippen molar-refractivity contribution in [2.45, 2.75) is 61.0 Å². The van der Waals surface area contributed by atoms with Crippen molar-refractivity contribution >= 4 is 11.6 Å². The maximum atomic E-state index is 15.2. The van der Waals surface area contributed by atoms with Gasteiger partial charge in [-0.05, 0) is 22.3 Å². The first-order valence-electron chi connectivity index (χ1n) is 15.0. The zero-order chi connectivity index (χ0) is 38.6. The smallest absolute Gasteiger partial charge is 0.361 e. The second-order valence-electron chi connectivity index (χ2n) is 11.3. The van der Waals surface area contributed by atoms with Crippen molar-refractivity contribution < 1.29 is 71.7 Å². The van der Waals surface area contributed by atoms with Crippen molar-refractivity contribution in [3.05, 3.63) is 144 Å². The third kappa shape index (κ3) is 7.31. The van der Waals surface area contributed by atoms with Gasteiger partial charge in [0.05, 0.1) is 13.2 Å². The number of halogens is 12. The summed E-state index contributed by atoms with van der Waals surface area (Å²) in [4.78, 5) is 25.7. The van der Waals surface area contributed by atoms with Gasteiger partial charge in [-0.2, -0.15) is 52.7 Å². The molecule has 52 heavy (non-hydrogen) atoms. The Kier molecular flexibility index (Phi) is 11.6. The number of hydrogen-bond donors (Lipinski definition) is 0. The fourth-order valence-corrected chi connectivity index (χ4v) is 4.84. The molecular weight excluding hydrogens is 724 g/mol. The van der Waals surface area contributed by atoms with Gasteiger partial charge in [-0.3, -0.25) is 9.59 Å². The second-order valence-corrected chi connectivity index (χ2v) is 11.3. The molecule has 278 valence electrons. The molecule has 0 N–H and O–H groups in total. The summed E-state index contributed by atoms with van der Waals surface area (Å²) < 4.78 is 191. The van der Waals surface area contributed by atoms with Crippen LogP contribution in [0.3, 0.4) is 0 Å². The highest BCUT2D eigenvalue weighted by Gasteiger charge is 2.92. The number of hydrogen-bond acceptors (Lipinski definition) is 4. The molecule has 16 heteroatoms.